The van der Waals surface area contributed by atoms with E-state index in [1.165, 1.54) is 7.11 Å². The predicted molar refractivity (Wildman–Crippen MR) is 56.5 cm³/mol. The molecule has 0 aliphatic carbocycles. The number of hydrogen-bond acceptors (Lipinski definition) is 5. The minimum absolute atomic E-state index is 0.0573. The zero-order valence-corrected chi connectivity index (χ0v) is 9.23. The maximum Gasteiger partial charge on any atom is 0.328 e. The number of thioether (sulfide) groups is 1. The Morgan fingerprint density at radius 1 is 1.43 bits per heavy atom. The van der Waals surface area contributed by atoms with Gasteiger partial charge in [-0.25, -0.2) is 4.79 Å². The molecule has 14 heavy (non-hydrogen) atoms. The molecule has 80 valence electrons. The van der Waals surface area contributed by atoms with E-state index in [-0.39, 0.29) is 11.5 Å². The van der Waals surface area contributed by atoms with Gasteiger partial charge < -0.3 is 10.1 Å². The van der Waals surface area contributed by atoms with Crippen molar-refractivity contribution in [1.29, 1.82) is 0 Å². The van der Waals surface area contributed by atoms with Crippen molar-refractivity contribution >= 4 is 17.7 Å². The Morgan fingerprint density at radius 2 is 2.07 bits per heavy atom. The molecule has 0 atom stereocenters. The zero-order chi connectivity index (χ0) is 10.0. The fourth-order valence-corrected chi connectivity index (χ4v) is 3.20. The Labute approximate surface area is 88.4 Å². The number of methoxy groups -OCH3 is 1. The molecule has 0 aromatic rings. The summed E-state index contributed by atoms with van der Waals surface area (Å²) in [5.41, 5.74) is -0.304. The molecule has 2 fully saturated rings. The first-order valence-corrected chi connectivity index (χ1v) is 6.07. The van der Waals surface area contributed by atoms with Gasteiger partial charge in [0.1, 0.15) is 5.54 Å². The van der Waals surface area contributed by atoms with Gasteiger partial charge in [0.05, 0.1) is 7.11 Å². The van der Waals surface area contributed by atoms with Crippen LogP contribution in [0.3, 0.4) is 0 Å². The fraction of sp³-hybridized carbons (Fsp3) is 0.889. The van der Waals surface area contributed by atoms with Gasteiger partial charge in [0.2, 0.25) is 0 Å². The molecule has 0 amide bonds. The van der Waals surface area contributed by atoms with E-state index < -0.39 is 0 Å². The number of piperazine rings is 1. The second-order valence-corrected chi connectivity index (χ2v) is 4.74. The number of nitrogens with one attached hydrogen (secondary N) is 1. The highest BCUT2D eigenvalue weighted by Gasteiger charge is 2.50. The molecule has 0 bridgehead atoms. The number of esters is 1. The minimum atomic E-state index is -0.304. The number of ether oxygens (including phenoxy) is 1. The van der Waals surface area contributed by atoms with Crippen molar-refractivity contribution in [3.63, 3.8) is 0 Å². The number of carbonyl (C=O) groups is 1. The predicted octanol–water partition coefficient (Wildman–Crippen LogP) is -0.450. The molecule has 2 saturated heterocycles. The SMILES string of the molecule is COC(=O)C1(N2CCNCC2)CSC1. The average molecular weight is 216 g/mol. The standard InChI is InChI=1S/C9H16N2O2S/c1-13-8(12)9(6-14-7-9)11-4-2-10-3-5-11/h10H,2-7H2,1H3. The van der Waals surface area contributed by atoms with Gasteiger partial charge in [0.15, 0.2) is 0 Å². The van der Waals surface area contributed by atoms with Crippen LogP contribution in [0.1, 0.15) is 0 Å². The highest BCUT2D eigenvalue weighted by atomic mass is 32.2. The molecular formula is C9H16N2O2S. The molecular weight excluding hydrogens is 200 g/mol. The summed E-state index contributed by atoms with van der Waals surface area (Å²) in [4.78, 5) is 14.0. The zero-order valence-electron chi connectivity index (χ0n) is 8.41. The highest BCUT2D eigenvalue weighted by molar-refractivity contribution is 8.01. The summed E-state index contributed by atoms with van der Waals surface area (Å²) in [6.45, 7) is 3.86. The van der Waals surface area contributed by atoms with Crippen molar-refractivity contribution < 1.29 is 9.53 Å². The Morgan fingerprint density at radius 3 is 2.50 bits per heavy atom. The molecule has 2 rings (SSSR count). The van der Waals surface area contributed by atoms with Crippen LogP contribution in [-0.4, -0.2) is 61.2 Å². The van der Waals surface area contributed by atoms with Crippen LogP contribution in [0.25, 0.3) is 0 Å². The highest BCUT2D eigenvalue weighted by Crippen LogP contribution is 2.36. The second-order valence-electron chi connectivity index (χ2n) is 3.75. The molecule has 0 aromatic carbocycles. The lowest BCUT2D eigenvalue weighted by Crippen LogP contribution is -2.67. The summed E-state index contributed by atoms with van der Waals surface area (Å²) in [7, 11) is 1.48. The van der Waals surface area contributed by atoms with E-state index in [1.54, 1.807) is 0 Å². The van der Waals surface area contributed by atoms with Gasteiger partial charge in [0, 0.05) is 37.7 Å². The lowest BCUT2D eigenvalue weighted by molar-refractivity contribution is -0.153. The van der Waals surface area contributed by atoms with Crippen molar-refractivity contribution in [2.75, 3.05) is 44.8 Å². The summed E-state index contributed by atoms with van der Waals surface area (Å²) in [6.07, 6.45) is 0. The molecule has 1 N–H and O–H groups in total. The quantitative estimate of drug-likeness (QED) is 0.633. The van der Waals surface area contributed by atoms with Crippen molar-refractivity contribution in [1.82, 2.24) is 10.2 Å². The smallest absolute Gasteiger partial charge is 0.328 e. The third-order valence-electron chi connectivity index (χ3n) is 2.97. The molecule has 0 aromatic heterocycles. The largest absolute Gasteiger partial charge is 0.468 e. The van der Waals surface area contributed by atoms with Crippen LogP contribution in [0, 0.1) is 0 Å². The molecule has 0 radical (unpaired) electrons. The monoisotopic (exact) mass is 216 g/mol. The maximum atomic E-state index is 11.7. The third-order valence-corrected chi connectivity index (χ3v) is 4.33. The van der Waals surface area contributed by atoms with Gasteiger partial charge in [-0.1, -0.05) is 0 Å². The lowest BCUT2D eigenvalue weighted by atomic mass is 10.0. The van der Waals surface area contributed by atoms with E-state index in [1.807, 2.05) is 11.8 Å². The summed E-state index contributed by atoms with van der Waals surface area (Å²) in [5, 5.41) is 3.29. The summed E-state index contributed by atoms with van der Waals surface area (Å²) in [5.74, 6) is 1.72. The first kappa shape index (κ1) is 10.3. The van der Waals surface area contributed by atoms with Crippen molar-refractivity contribution in [2.45, 2.75) is 5.54 Å². The maximum absolute atomic E-state index is 11.7. The topological polar surface area (TPSA) is 41.6 Å². The Balaban J connectivity index is 2.06. The normalized spacial score (nSPS) is 26.6. The van der Waals surface area contributed by atoms with E-state index in [4.69, 9.17) is 4.74 Å². The van der Waals surface area contributed by atoms with Gasteiger partial charge in [-0.2, -0.15) is 11.8 Å². The van der Waals surface area contributed by atoms with Crippen LogP contribution < -0.4 is 5.32 Å². The fourth-order valence-electron chi connectivity index (χ4n) is 2.01. The minimum Gasteiger partial charge on any atom is -0.468 e. The lowest BCUT2D eigenvalue weighted by Gasteiger charge is -2.48. The van der Waals surface area contributed by atoms with Crippen LogP contribution in [0.4, 0.5) is 0 Å². The number of carbonyl (C=O) groups excluding carboxylic acids is 1. The van der Waals surface area contributed by atoms with E-state index in [0.29, 0.717) is 0 Å². The summed E-state index contributed by atoms with van der Waals surface area (Å²) in [6, 6.07) is 0. The second kappa shape index (κ2) is 4.08. The first-order valence-electron chi connectivity index (χ1n) is 4.91. The van der Waals surface area contributed by atoms with Gasteiger partial charge in [-0.05, 0) is 0 Å². The molecule has 4 nitrogen and oxygen atoms in total. The number of hydrogen-bond donors (Lipinski definition) is 1. The molecule has 0 unspecified atom stereocenters. The molecule has 2 aliphatic heterocycles. The van der Waals surface area contributed by atoms with Gasteiger partial charge in [-0.3, -0.25) is 4.90 Å². The first-order chi connectivity index (χ1) is 6.79. The van der Waals surface area contributed by atoms with Gasteiger partial charge in [-0.15, -0.1) is 0 Å². The molecule has 2 heterocycles. The van der Waals surface area contributed by atoms with E-state index in [9.17, 15) is 4.79 Å². The molecule has 2 aliphatic rings. The third kappa shape index (κ3) is 1.53. The van der Waals surface area contributed by atoms with Crippen molar-refractivity contribution in [3.8, 4) is 0 Å². The van der Waals surface area contributed by atoms with Crippen LogP contribution in [0.15, 0.2) is 0 Å². The van der Waals surface area contributed by atoms with Crippen molar-refractivity contribution in [2.24, 2.45) is 0 Å². The van der Waals surface area contributed by atoms with Crippen molar-refractivity contribution in [3.05, 3.63) is 0 Å². The van der Waals surface area contributed by atoms with E-state index in [0.717, 1.165) is 37.7 Å². The number of nitrogens with zero attached hydrogens (tertiary/aromatic N) is 1. The Hall–Kier alpha value is -0.260. The van der Waals surface area contributed by atoms with Crippen LogP contribution >= 0.6 is 11.8 Å². The van der Waals surface area contributed by atoms with Gasteiger partial charge >= 0.3 is 5.97 Å². The van der Waals surface area contributed by atoms with Crippen LogP contribution in [0.5, 0.6) is 0 Å². The molecule has 0 spiro atoms. The summed E-state index contributed by atoms with van der Waals surface area (Å²) < 4.78 is 4.90. The molecule has 0 saturated carbocycles. The number of rotatable bonds is 2. The molecule has 5 heteroatoms. The van der Waals surface area contributed by atoms with E-state index in [2.05, 4.69) is 10.2 Å². The average Bonchev–Trinajstić information content (AvgIpc) is 2.17. The van der Waals surface area contributed by atoms with Crippen LogP contribution in [0.2, 0.25) is 0 Å². The summed E-state index contributed by atoms with van der Waals surface area (Å²) >= 11 is 1.82. The Kier molecular flexibility index (Phi) is 2.99. The Bertz CT molecular complexity index is 225. The van der Waals surface area contributed by atoms with Crippen LogP contribution in [-0.2, 0) is 9.53 Å². The van der Waals surface area contributed by atoms with E-state index >= 15 is 0 Å². The van der Waals surface area contributed by atoms with Gasteiger partial charge in [0.25, 0.3) is 0 Å².